The Morgan fingerprint density at radius 2 is 1.95 bits per heavy atom. The molecule has 1 aromatic rings. The molecule has 0 aliphatic carbocycles. The third-order valence-corrected chi connectivity index (χ3v) is 3.73. The first-order valence-electron chi connectivity index (χ1n) is 7.85. The number of nitrogens with two attached hydrogens (primary N) is 1. The Labute approximate surface area is 128 Å². The van der Waals surface area contributed by atoms with Gasteiger partial charge in [-0.3, -0.25) is 4.90 Å². The molecule has 0 amide bonds. The average molecular weight is 292 g/mol. The third kappa shape index (κ3) is 4.43. The van der Waals surface area contributed by atoms with Gasteiger partial charge in [0.05, 0.1) is 18.3 Å². The van der Waals surface area contributed by atoms with E-state index in [1.807, 2.05) is 26.0 Å². The fourth-order valence-electron chi connectivity index (χ4n) is 3.04. The van der Waals surface area contributed by atoms with E-state index in [1.54, 1.807) is 0 Å². The molecule has 0 saturated carbocycles. The molecule has 1 aliphatic heterocycles. The molecule has 0 bridgehead atoms. The number of hydrogen-bond acceptors (Lipinski definition) is 4. The summed E-state index contributed by atoms with van der Waals surface area (Å²) in [6.07, 6.45) is 0.677. The predicted molar refractivity (Wildman–Crippen MR) is 85.6 cm³/mol. The summed E-state index contributed by atoms with van der Waals surface area (Å²) in [5.41, 5.74) is 7.27. The summed E-state index contributed by atoms with van der Waals surface area (Å²) in [6, 6.07) is 8.51. The van der Waals surface area contributed by atoms with Gasteiger partial charge in [-0.15, -0.1) is 0 Å². The Balaban J connectivity index is 2.16. The second kappa shape index (κ2) is 7.25. The van der Waals surface area contributed by atoms with Crippen LogP contribution >= 0.6 is 0 Å². The Hall–Kier alpha value is -1.10. The van der Waals surface area contributed by atoms with Crippen molar-refractivity contribution < 1.29 is 9.47 Å². The van der Waals surface area contributed by atoms with E-state index in [2.05, 4.69) is 30.9 Å². The second-order valence-corrected chi connectivity index (χ2v) is 6.20. The van der Waals surface area contributed by atoms with Gasteiger partial charge in [0.25, 0.3) is 0 Å². The smallest absolute Gasteiger partial charge is 0.120 e. The van der Waals surface area contributed by atoms with Gasteiger partial charge in [-0.2, -0.15) is 0 Å². The minimum absolute atomic E-state index is 0.181. The second-order valence-electron chi connectivity index (χ2n) is 6.20. The lowest BCUT2D eigenvalue weighted by Gasteiger charge is -2.40. The maximum absolute atomic E-state index is 6.05. The van der Waals surface area contributed by atoms with Gasteiger partial charge < -0.3 is 15.2 Å². The molecule has 2 N–H and O–H groups in total. The molecule has 2 rings (SSSR count). The van der Waals surface area contributed by atoms with Crippen LogP contribution in [0.5, 0.6) is 5.75 Å². The zero-order chi connectivity index (χ0) is 15.4. The molecule has 118 valence electrons. The number of hydrogen-bond donors (Lipinski definition) is 1. The fraction of sp³-hybridized carbons (Fsp3) is 0.647. The van der Waals surface area contributed by atoms with Gasteiger partial charge in [-0.1, -0.05) is 12.1 Å². The minimum atomic E-state index is 0.181. The van der Waals surface area contributed by atoms with Gasteiger partial charge in [0, 0.05) is 25.7 Å². The maximum atomic E-state index is 6.05. The van der Waals surface area contributed by atoms with Gasteiger partial charge in [0.2, 0.25) is 0 Å². The van der Waals surface area contributed by atoms with Crippen LogP contribution in [0.15, 0.2) is 24.3 Å². The van der Waals surface area contributed by atoms with E-state index in [4.69, 9.17) is 15.2 Å². The Kier molecular flexibility index (Phi) is 5.62. The monoisotopic (exact) mass is 292 g/mol. The van der Waals surface area contributed by atoms with Crippen molar-refractivity contribution in [2.75, 3.05) is 19.6 Å². The molecule has 1 heterocycles. The van der Waals surface area contributed by atoms with E-state index < -0.39 is 0 Å². The third-order valence-electron chi connectivity index (χ3n) is 3.73. The van der Waals surface area contributed by atoms with Crippen LogP contribution in [0.2, 0.25) is 0 Å². The molecule has 1 aromatic carbocycles. The molecule has 4 heteroatoms. The van der Waals surface area contributed by atoms with Gasteiger partial charge >= 0.3 is 0 Å². The summed E-state index contributed by atoms with van der Waals surface area (Å²) in [5.74, 6) is 0.912. The van der Waals surface area contributed by atoms with Crippen LogP contribution in [0.4, 0.5) is 0 Å². The van der Waals surface area contributed by atoms with Crippen LogP contribution in [0, 0.1) is 0 Å². The highest BCUT2D eigenvalue weighted by molar-refractivity contribution is 5.31. The summed E-state index contributed by atoms with van der Waals surface area (Å²) in [4.78, 5) is 2.42. The van der Waals surface area contributed by atoms with Crippen molar-refractivity contribution in [1.82, 2.24) is 4.90 Å². The summed E-state index contributed by atoms with van der Waals surface area (Å²) in [5, 5.41) is 0. The molecule has 1 unspecified atom stereocenters. The van der Waals surface area contributed by atoms with Crippen molar-refractivity contribution in [3.63, 3.8) is 0 Å². The highest BCUT2D eigenvalue weighted by atomic mass is 16.5. The first-order chi connectivity index (χ1) is 9.99. The van der Waals surface area contributed by atoms with Crippen LogP contribution in [-0.2, 0) is 4.74 Å². The van der Waals surface area contributed by atoms with E-state index in [9.17, 15) is 0 Å². The molecule has 1 fully saturated rings. The lowest BCUT2D eigenvalue weighted by Crippen LogP contribution is -2.48. The summed E-state index contributed by atoms with van der Waals surface area (Å²) in [6.45, 7) is 10.8. The van der Waals surface area contributed by atoms with E-state index in [0.717, 1.165) is 18.8 Å². The molecule has 4 nitrogen and oxygen atoms in total. The number of nitrogens with zero attached hydrogens (tertiary/aromatic N) is 1. The molecular formula is C17H28N2O2. The highest BCUT2D eigenvalue weighted by Gasteiger charge is 2.28. The molecule has 3 atom stereocenters. The van der Waals surface area contributed by atoms with Crippen molar-refractivity contribution >= 4 is 0 Å². The average Bonchev–Trinajstić information content (AvgIpc) is 2.38. The topological polar surface area (TPSA) is 47.7 Å². The van der Waals surface area contributed by atoms with Gasteiger partial charge in [-0.25, -0.2) is 0 Å². The number of benzene rings is 1. The van der Waals surface area contributed by atoms with Crippen molar-refractivity contribution in [1.29, 1.82) is 0 Å². The number of morpholine rings is 1. The lowest BCUT2D eigenvalue weighted by molar-refractivity contribution is -0.0799. The minimum Gasteiger partial charge on any atom is -0.491 e. The van der Waals surface area contributed by atoms with Crippen LogP contribution in [0.1, 0.15) is 39.3 Å². The molecular weight excluding hydrogens is 264 g/mol. The molecule has 21 heavy (non-hydrogen) atoms. The van der Waals surface area contributed by atoms with Crippen LogP contribution in [-0.4, -0.2) is 42.8 Å². The molecule has 0 radical (unpaired) electrons. The Bertz CT molecular complexity index is 440. The molecule has 0 spiro atoms. The fourth-order valence-corrected chi connectivity index (χ4v) is 3.04. The standard InChI is InChI=1S/C17H28N2O2/c1-12(2)20-16-7-5-6-15(8-16)17(9-18)19-10-13(3)21-14(4)11-19/h5-8,12-14,17H,9-11,18H2,1-4H3/t13-,14+,17?. The largest absolute Gasteiger partial charge is 0.491 e. The molecule has 1 saturated heterocycles. The summed E-state index contributed by atoms with van der Waals surface area (Å²) >= 11 is 0. The zero-order valence-electron chi connectivity index (χ0n) is 13.6. The SMILES string of the molecule is CC(C)Oc1cccc(C(CN)N2C[C@@H](C)O[C@@H](C)C2)c1. The highest BCUT2D eigenvalue weighted by Crippen LogP contribution is 2.27. The number of rotatable bonds is 5. The Morgan fingerprint density at radius 1 is 1.29 bits per heavy atom. The van der Waals surface area contributed by atoms with Crippen LogP contribution < -0.4 is 10.5 Å². The zero-order valence-corrected chi connectivity index (χ0v) is 13.6. The van der Waals surface area contributed by atoms with Gasteiger partial charge in [0.1, 0.15) is 5.75 Å². The van der Waals surface area contributed by atoms with Crippen molar-refractivity contribution in [2.24, 2.45) is 5.73 Å². The van der Waals surface area contributed by atoms with Gasteiger partial charge in [0.15, 0.2) is 0 Å². The van der Waals surface area contributed by atoms with Crippen LogP contribution in [0.3, 0.4) is 0 Å². The van der Waals surface area contributed by atoms with E-state index in [1.165, 1.54) is 5.56 Å². The van der Waals surface area contributed by atoms with E-state index in [-0.39, 0.29) is 24.4 Å². The van der Waals surface area contributed by atoms with E-state index in [0.29, 0.717) is 6.54 Å². The quantitative estimate of drug-likeness (QED) is 0.906. The van der Waals surface area contributed by atoms with Crippen molar-refractivity contribution in [3.8, 4) is 5.75 Å². The summed E-state index contributed by atoms with van der Waals surface area (Å²) in [7, 11) is 0. The van der Waals surface area contributed by atoms with Crippen molar-refractivity contribution in [3.05, 3.63) is 29.8 Å². The number of ether oxygens (including phenoxy) is 2. The van der Waals surface area contributed by atoms with E-state index >= 15 is 0 Å². The normalized spacial score (nSPS) is 25.0. The first-order valence-corrected chi connectivity index (χ1v) is 7.85. The maximum Gasteiger partial charge on any atom is 0.120 e. The predicted octanol–water partition coefficient (Wildman–Crippen LogP) is 2.58. The van der Waals surface area contributed by atoms with Crippen LogP contribution in [0.25, 0.3) is 0 Å². The Morgan fingerprint density at radius 3 is 2.52 bits per heavy atom. The van der Waals surface area contributed by atoms with Crippen molar-refractivity contribution in [2.45, 2.75) is 52.0 Å². The summed E-state index contributed by atoms with van der Waals surface area (Å²) < 4.78 is 11.6. The molecule has 0 aromatic heterocycles. The molecule has 1 aliphatic rings. The van der Waals surface area contributed by atoms with Gasteiger partial charge in [-0.05, 0) is 45.4 Å². The lowest BCUT2D eigenvalue weighted by atomic mass is 10.0. The first kappa shape index (κ1) is 16.3.